The molecular weight excluding hydrogens is 232 g/mol. The highest BCUT2D eigenvalue weighted by atomic mass is 16.4. The first kappa shape index (κ1) is 11.4. The Morgan fingerprint density at radius 3 is 1.88 bits per heavy atom. The number of carbonyl (C=O) groups is 4. The van der Waals surface area contributed by atoms with Crippen molar-refractivity contribution in [1.82, 2.24) is 10.6 Å². The van der Waals surface area contributed by atoms with Gasteiger partial charge in [0, 0.05) is 0 Å². The van der Waals surface area contributed by atoms with Crippen molar-refractivity contribution < 1.29 is 29.4 Å². The number of carboxylic acid groups (broad SMARTS) is 2. The van der Waals surface area contributed by atoms with Crippen LogP contribution in [0, 0.1) is 11.8 Å². The highest BCUT2D eigenvalue weighted by Gasteiger charge is 2.58. The fraction of sp³-hybridized carbons (Fsp3) is 0.556. The van der Waals surface area contributed by atoms with Crippen LogP contribution in [0.1, 0.15) is 12.8 Å². The fourth-order valence-electron chi connectivity index (χ4n) is 2.45. The van der Waals surface area contributed by atoms with Crippen LogP contribution < -0.4 is 10.6 Å². The highest BCUT2D eigenvalue weighted by molar-refractivity contribution is 6.08. The van der Waals surface area contributed by atoms with Gasteiger partial charge in [0.1, 0.15) is 5.54 Å². The first-order chi connectivity index (χ1) is 7.85. The van der Waals surface area contributed by atoms with Gasteiger partial charge in [0.05, 0.1) is 11.8 Å². The molecule has 0 bridgehead atoms. The van der Waals surface area contributed by atoms with Gasteiger partial charge in [0.2, 0.25) is 0 Å². The predicted octanol–water partition coefficient (Wildman–Crippen LogP) is -1.24. The number of rotatable bonds is 2. The standard InChI is InChI=1S/C9H10N2O6/c12-5(13)3-1-9(2-4(3)6(14)15)7(16)10-8(17)11-9/h3-4H,1-2H2,(H,12,13)(H,14,15)(H2,10,11,16,17)/t3-,4-/m0/s1. The van der Waals surface area contributed by atoms with E-state index in [1.807, 2.05) is 5.32 Å². The van der Waals surface area contributed by atoms with Gasteiger partial charge in [0.25, 0.3) is 5.91 Å². The van der Waals surface area contributed by atoms with Crippen molar-refractivity contribution in [3.05, 3.63) is 0 Å². The molecule has 92 valence electrons. The summed E-state index contributed by atoms with van der Waals surface area (Å²) < 4.78 is 0. The van der Waals surface area contributed by atoms with Gasteiger partial charge in [0.15, 0.2) is 0 Å². The third-order valence-corrected chi connectivity index (χ3v) is 3.27. The zero-order valence-corrected chi connectivity index (χ0v) is 8.60. The average Bonchev–Trinajstić information content (AvgIpc) is 2.70. The summed E-state index contributed by atoms with van der Waals surface area (Å²) >= 11 is 0. The van der Waals surface area contributed by atoms with Gasteiger partial charge in [-0.05, 0) is 12.8 Å². The number of nitrogens with one attached hydrogen (secondary N) is 2. The largest absolute Gasteiger partial charge is 0.481 e. The number of hydrogen-bond donors (Lipinski definition) is 4. The molecule has 0 aromatic rings. The molecule has 17 heavy (non-hydrogen) atoms. The summed E-state index contributed by atoms with van der Waals surface area (Å²) in [7, 11) is 0. The number of imide groups is 1. The Morgan fingerprint density at radius 1 is 1.12 bits per heavy atom. The van der Waals surface area contributed by atoms with Gasteiger partial charge in [-0.1, -0.05) is 0 Å². The summed E-state index contributed by atoms with van der Waals surface area (Å²) in [6, 6.07) is -0.717. The molecule has 2 atom stereocenters. The molecule has 1 spiro atoms. The second kappa shape index (κ2) is 3.44. The topological polar surface area (TPSA) is 133 Å². The van der Waals surface area contributed by atoms with Crippen molar-refractivity contribution in [1.29, 1.82) is 0 Å². The van der Waals surface area contributed by atoms with Gasteiger partial charge in [-0.3, -0.25) is 19.7 Å². The predicted molar refractivity (Wildman–Crippen MR) is 50.9 cm³/mol. The SMILES string of the molecule is O=C1NC(=O)C2(C[C@H](C(=O)O)[C@@H](C(=O)O)C2)N1. The van der Waals surface area contributed by atoms with E-state index < -0.39 is 41.3 Å². The number of urea groups is 1. The Balaban J connectivity index is 2.31. The van der Waals surface area contributed by atoms with Crippen LogP contribution in [0.25, 0.3) is 0 Å². The maximum Gasteiger partial charge on any atom is 0.322 e. The monoisotopic (exact) mass is 242 g/mol. The molecule has 3 amide bonds. The summed E-state index contributed by atoms with van der Waals surface area (Å²) in [6.45, 7) is 0. The van der Waals surface area contributed by atoms with Crippen LogP contribution in [0.2, 0.25) is 0 Å². The Bertz CT molecular complexity index is 409. The van der Waals surface area contributed by atoms with Crippen molar-refractivity contribution in [3.8, 4) is 0 Å². The van der Waals surface area contributed by atoms with Crippen molar-refractivity contribution in [2.24, 2.45) is 11.8 Å². The molecule has 2 aliphatic rings. The van der Waals surface area contributed by atoms with E-state index in [4.69, 9.17) is 10.2 Å². The van der Waals surface area contributed by atoms with E-state index in [2.05, 4.69) is 5.32 Å². The van der Waals surface area contributed by atoms with E-state index in [0.717, 1.165) is 0 Å². The molecular formula is C9H10N2O6. The van der Waals surface area contributed by atoms with E-state index in [1.54, 1.807) is 0 Å². The van der Waals surface area contributed by atoms with Crippen LogP contribution in [-0.2, 0) is 14.4 Å². The minimum absolute atomic E-state index is 0.198. The molecule has 1 aliphatic carbocycles. The van der Waals surface area contributed by atoms with Crippen molar-refractivity contribution in [2.75, 3.05) is 0 Å². The van der Waals surface area contributed by atoms with Gasteiger partial charge < -0.3 is 15.5 Å². The van der Waals surface area contributed by atoms with Crippen LogP contribution in [-0.4, -0.2) is 39.6 Å². The number of carbonyl (C=O) groups excluding carboxylic acids is 2. The molecule has 2 fully saturated rings. The van der Waals surface area contributed by atoms with E-state index in [9.17, 15) is 19.2 Å². The highest BCUT2D eigenvalue weighted by Crippen LogP contribution is 2.41. The normalized spacial score (nSPS) is 30.1. The minimum atomic E-state index is -1.39. The third-order valence-electron chi connectivity index (χ3n) is 3.27. The van der Waals surface area contributed by atoms with Crippen molar-refractivity contribution in [3.63, 3.8) is 0 Å². The van der Waals surface area contributed by atoms with Gasteiger partial charge in [-0.2, -0.15) is 0 Å². The summed E-state index contributed by atoms with van der Waals surface area (Å²) in [5.41, 5.74) is -1.39. The number of carboxylic acids is 2. The third kappa shape index (κ3) is 1.61. The second-order valence-corrected chi connectivity index (χ2v) is 4.29. The van der Waals surface area contributed by atoms with Crippen LogP contribution in [0.15, 0.2) is 0 Å². The lowest BCUT2D eigenvalue weighted by molar-refractivity contribution is -0.152. The molecule has 0 aromatic carbocycles. The molecule has 0 radical (unpaired) electrons. The van der Waals surface area contributed by atoms with E-state index in [1.165, 1.54) is 0 Å². The van der Waals surface area contributed by atoms with Crippen LogP contribution in [0.4, 0.5) is 4.79 Å². The lowest BCUT2D eigenvalue weighted by atomic mass is 9.96. The smallest absolute Gasteiger partial charge is 0.322 e. The first-order valence-electron chi connectivity index (χ1n) is 4.95. The summed E-state index contributed by atoms with van der Waals surface area (Å²) in [5, 5.41) is 22.2. The summed E-state index contributed by atoms with van der Waals surface area (Å²) in [6.07, 6.45) is -0.395. The van der Waals surface area contributed by atoms with Gasteiger partial charge in [-0.15, -0.1) is 0 Å². The molecule has 1 heterocycles. The average molecular weight is 242 g/mol. The van der Waals surface area contributed by atoms with Gasteiger partial charge in [-0.25, -0.2) is 4.79 Å². The zero-order chi connectivity index (χ0) is 12.8. The molecule has 1 aliphatic heterocycles. The fourth-order valence-corrected chi connectivity index (χ4v) is 2.45. The Hall–Kier alpha value is -2.12. The number of amides is 3. The second-order valence-electron chi connectivity index (χ2n) is 4.29. The maximum atomic E-state index is 11.6. The summed E-state index contributed by atoms with van der Waals surface area (Å²) in [5.74, 6) is -5.54. The Kier molecular flexibility index (Phi) is 2.30. The van der Waals surface area contributed by atoms with E-state index >= 15 is 0 Å². The van der Waals surface area contributed by atoms with Crippen molar-refractivity contribution in [2.45, 2.75) is 18.4 Å². The Morgan fingerprint density at radius 2 is 1.59 bits per heavy atom. The number of aliphatic carboxylic acids is 2. The minimum Gasteiger partial charge on any atom is -0.481 e. The van der Waals surface area contributed by atoms with Crippen LogP contribution in [0.5, 0.6) is 0 Å². The zero-order valence-electron chi connectivity index (χ0n) is 8.60. The number of hydrogen-bond acceptors (Lipinski definition) is 4. The van der Waals surface area contributed by atoms with Gasteiger partial charge >= 0.3 is 18.0 Å². The maximum absolute atomic E-state index is 11.6. The molecule has 2 rings (SSSR count). The molecule has 8 nitrogen and oxygen atoms in total. The Labute approximate surface area is 95.0 Å². The van der Waals surface area contributed by atoms with E-state index in [0.29, 0.717) is 0 Å². The van der Waals surface area contributed by atoms with Crippen molar-refractivity contribution >= 4 is 23.9 Å². The summed E-state index contributed by atoms with van der Waals surface area (Å²) in [4.78, 5) is 44.5. The molecule has 8 heteroatoms. The first-order valence-corrected chi connectivity index (χ1v) is 4.95. The van der Waals surface area contributed by atoms with Crippen LogP contribution in [0.3, 0.4) is 0 Å². The molecule has 1 saturated heterocycles. The molecule has 4 N–H and O–H groups in total. The lowest BCUT2D eigenvalue weighted by Crippen LogP contribution is -2.44. The quantitative estimate of drug-likeness (QED) is 0.447. The molecule has 1 saturated carbocycles. The molecule has 0 aromatic heterocycles. The lowest BCUT2D eigenvalue weighted by Gasteiger charge is -2.18. The van der Waals surface area contributed by atoms with E-state index in [-0.39, 0.29) is 12.8 Å². The van der Waals surface area contributed by atoms with Crippen LogP contribution >= 0.6 is 0 Å². The molecule has 0 unspecified atom stereocenters.